The average Bonchev–Trinajstić information content (AvgIpc) is 2.80. The van der Waals surface area contributed by atoms with Gasteiger partial charge in [-0.3, -0.25) is 4.79 Å². The minimum atomic E-state index is -3.84. The fourth-order valence-corrected chi connectivity index (χ4v) is 3.53. The zero-order chi connectivity index (χ0) is 13.1. The van der Waals surface area contributed by atoms with Crippen molar-refractivity contribution in [3.63, 3.8) is 0 Å². The van der Waals surface area contributed by atoms with Crippen LogP contribution in [0.3, 0.4) is 0 Å². The van der Waals surface area contributed by atoms with Crippen LogP contribution in [0.5, 0.6) is 11.5 Å². The van der Waals surface area contributed by atoms with E-state index in [1.54, 1.807) is 6.07 Å². The van der Waals surface area contributed by atoms with Crippen molar-refractivity contribution in [2.45, 2.75) is 24.7 Å². The molecule has 18 heavy (non-hydrogen) atoms. The van der Waals surface area contributed by atoms with Gasteiger partial charge < -0.3 is 9.47 Å². The fourth-order valence-electron chi connectivity index (χ4n) is 2.20. The Morgan fingerprint density at radius 1 is 1.33 bits per heavy atom. The number of amides is 1. The lowest BCUT2D eigenvalue weighted by Gasteiger charge is -2.11. The van der Waals surface area contributed by atoms with Crippen molar-refractivity contribution in [2.75, 3.05) is 6.79 Å². The van der Waals surface area contributed by atoms with Gasteiger partial charge >= 0.3 is 0 Å². The SMILES string of the molecule is CC(C)c1cc2c(c3c1C(=O)NS3(=O)=O)OCO2. The third-order valence-corrected chi connectivity index (χ3v) is 4.38. The molecule has 1 aromatic rings. The average molecular weight is 269 g/mol. The van der Waals surface area contributed by atoms with Crippen molar-refractivity contribution in [3.8, 4) is 11.5 Å². The molecule has 0 aliphatic carbocycles. The largest absolute Gasteiger partial charge is 0.454 e. The molecule has 96 valence electrons. The number of sulfonamides is 1. The van der Waals surface area contributed by atoms with Crippen LogP contribution in [0.2, 0.25) is 0 Å². The van der Waals surface area contributed by atoms with E-state index in [4.69, 9.17) is 9.47 Å². The van der Waals surface area contributed by atoms with E-state index in [2.05, 4.69) is 0 Å². The molecule has 0 aromatic heterocycles. The Kier molecular flexibility index (Phi) is 2.13. The molecule has 2 aliphatic heterocycles. The van der Waals surface area contributed by atoms with Gasteiger partial charge in [0.1, 0.15) is 4.90 Å². The van der Waals surface area contributed by atoms with E-state index in [0.29, 0.717) is 11.3 Å². The summed E-state index contributed by atoms with van der Waals surface area (Å²) in [6.45, 7) is 3.74. The number of benzene rings is 1. The summed E-state index contributed by atoms with van der Waals surface area (Å²) in [6, 6.07) is 1.67. The molecule has 7 heteroatoms. The number of ether oxygens (including phenoxy) is 2. The molecule has 0 radical (unpaired) electrons. The second-order valence-electron chi connectivity index (χ2n) is 4.49. The van der Waals surface area contributed by atoms with Crippen LogP contribution in [-0.2, 0) is 10.0 Å². The summed E-state index contributed by atoms with van der Waals surface area (Å²) in [7, 11) is -3.84. The molecule has 1 N–H and O–H groups in total. The lowest BCUT2D eigenvalue weighted by Crippen LogP contribution is -2.21. The predicted molar refractivity (Wildman–Crippen MR) is 61.3 cm³/mol. The second-order valence-corrected chi connectivity index (χ2v) is 6.11. The molecule has 0 atom stereocenters. The van der Waals surface area contributed by atoms with Crippen molar-refractivity contribution in [3.05, 3.63) is 17.2 Å². The summed E-state index contributed by atoms with van der Waals surface area (Å²) in [5, 5.41) is 0. The Bertz CT molecular complexity index is 663. The van der Waals surface area contributed by atoms with Gasteiger partial charge in [0.15, 0.2) is 11.5 Å². The van der Waals surface area contributed by atoms with Crippen LogP contribution in [0.1, 0.15) is 35.7 Å². The third kappa shape index (κ3) is 1.34. The van der Waals surface area contributed by atoms with Crippen LogP contribution < -0.4 is 14.2 Å². The Labute approximate surface area is 104 Å². The fraction of sp³-hybridized carbons (Fsp3) is 0.364. The van der Waals surface area contributed by atoms with E-state index in [1.807, 2.05) is 18.6 Å². The quantitative estimate of drug-likeness (QED) is 0.821. The van der Waals surface area contributed by atoms with Crippen LogP contribution in [0, 0.1) is 0 Å². The molecule has 3 rings (SSSR count). The Balaban J connectivity index is 2.43. The molecule has 2 aliphatic rings. The van der Waals surface area contributed by atoms with Crippen LogP contribution in [0.25, 0.3) is 0 Å². The maximum absolute atomic E-state index is 11.9. The maximum Gasteiger partial charge on any atom is 0.268 e. The van der Waals surface area contributed by atoms with Crippen molar-refractivity contribution in [1.29, 1.82) is 0 Å². The highest BCUT2D eigenvalue weighted by Gasteiger charge is 2.41. The van der Waals surface area contributed by atoms with Gasteiger partial charge in [-0.05, 0) is 17.5 Å². The number of carbonyl (C=O) groups excluding carboxylic acids is 1. The van der Waals surface area contributed by atoms with Gasteiger partial charge in [0.05, 0.1) is 5.56 Å². The van der Waals surface area contributed by atoms with E-state index in [-0.39, 0.29) is 28.9 Å². The highest BCUT2D eigenvalue weighted by molar-refractivity contribution is 7.90. The molecule has 0 spiro atoms. The Morgan fingerprint density at radius 2 is 2.06 bits per heavy atom. The zero-order valence-electron chi connectivity index (χ0n) is 9.81. The first-order chi connectivity index (χ1) is 8.42. The number of nitrogens with one attached hydrogen (secondary N) is 1. The molecule has 0 saturated heterocycles. The van der Waals surface area contributed by atoms with Crippen LogP contribution in [0.15, 0.2) is 11.0 Å². The highest BCUT2D eigenvalue weighted by Crippen LogP contribution is 2.45. The lowest BCUT2D eigenvalue weighted by molar-refractivity contribution is 0.0983. The zero-order valence-corrected chi connectivity index (χ0v) is 10.6. The van der Waals surface area contributed by atoms with Gasteiger partial charge in [-0.15, -0.1) is 0 Å². The molecule has 0 bridgehead atoms. The number of rotatable bonds is 1. The van der Waals surface area contributed by atoms with Gasteiger partial charge in [-0.25, -0.2) is 13.1 Å². The monoisotopic (exact) mass is 269 g/mol. The third-order valence-electron chi connectivity index (χ3n) is 2.99. The number of carbonyl (C=O) groups is 1. The molecule has 1 amide bonds. The van der Waals surface area contributed by atoms with E-state index >= 15 is 0 Å². The van der Waals surface area contributed by atoms with Crippen molar-refractivity contribution < 1.29 is 22.7 Å². The van der Waals surface area contributed by atoms with E-state index in [0.717, 1.165) is 0 Å². The summed E-state index contributed by atoms with van der Waals surface area (Å²) in [6.07, 6.45) is 0. The van der Waals surface area contributed by atoms with Gasteiger partial charge in [-0.2, -0.15) is 0 Å². The number of hydrogen-bond acceptors (Lipinski definition) is 5. The first-order valence-electron chi connectivity index (χ1n) is 5.45. The normalized spacial score (nSPS) is 18.9. The first kappa shape index (κ1) is 11.3. The summed E-state index contributed by atoms with van der Waals surface area (Å²) < 4.78 is 36.2. The van der Waals surface area contributed by atoms with E-state index < -0.39 is 15.9 Å². The van der Waals surface area contributed by atoms with E-state index in [9.17, 15) is 13.2 Å². The van der Waals surface area contributed by atoms with E-state index in [1.165, 1.54) is 0 Å². The highest BCUT2D eigenvalue weighted by atomic mass is 32.2. The summed E-state index contributed by atoms with van der Waals surface area (Å²) in [5.41, 5.74) is 0.821. The molecule has 0 unspecified atom stereocenters. The Morgan fingerprint density at radius 3 is 2.72 bits per heavy atom. The van der Waals surface area contributed by atoms with Crippen molar-refractivity contribution >= 4 is 15.9 Å². The van der Waals surface area contributed by atoms with Crippen LogP contribution in [-0.4, -0.2) is 21.1 Å². The number of fused-ring (bicyclic) bond motifs is 3. The van der Waals surface area contributed by atoms with Crippen LogP contribution in [0.4, 0.5) is 0 Å². The Hall–Kier alpha value is -1.76. The summed E-state index contributed by atoms with van der Waals surface area (Å²) in [5.74, 6) is -0.0930. The standard InChI is InChI=1S/C11H11NO5S/c1-5(2)6-3-7-9(17-4-16-7)10-8(6)11(13)12-18(10,14)15/h3,5H,4H2,1-2H3,(H,12,13). The predicted octanol–water partition coefficient (Wildman–Crippen LogP) is 0.971. The van der Waals surface area contributed by atoms with Gasteiger partial charge in [0, 0.05) is 0 Å². The molecule has 2 heterocycles. The molecular weight excluding hydrogens is 258 g/mol. The first-order valence-corrected chi connectivity index (χ1v) is 6.94. The molecule has 0 saturated carbocycles. The summed E-state index contributed by atoms with van der Waals surface area (Å²) in [4.78, 5) is 11.7. The second kappa shape index (κ2) is 3.38. The van der Waals surface area contributed by atoms with Gasteiger partial charge in [0.25, 0.3) is 15.9 Å². The minimum Gasteiger partial charge on any atom is -0.454 e. The van der Waals surface area contributed by atoms with Crippen LogP contribution >= 0.6 is 0 Å². The lowest BCUT2D eigenvalue weighted by atomic mass is 9.96. The van der Waals surface area contributed by atoms with Gasteiger partial charge in [-0.1, -0.05) is 13.8 Å². The van der Waals surface area contributed by atoms with Crippen molar-refractivity contribution in [2.24, 2.45) is 0 Å². The van der Waals surface area contributed by atoms with Crippen molar-refractivity contribution in [1.82, 2.24) is 4.72 Å². The molecule has 1 aromatic carbocycles. The topological polar surface area (TPSA) is 81.7 Å². The maximum atomic E-state index is 11.9. The molecule has 6 nitrogen and oxygen atoms in total. The minimum absolute atomic E-state index is 0.00676. The molecule has 0 fully saturated rings. The smallest absolute Gasteiger partial charge is 0.268 e. The molecular formula is C11H11NO5S. The van der Waals surface area contributed by atoms with Gasteiger partial charge in [0.2, 0.25) is 6.79 Å². The number of hydrogen-bond donors (Lipinski definition) is 1. The summed E-state index contributed by atoms with van der Waals surface area (Å²) >= 11 is 0.